The molecule has 0 bridgehead atoms. The highest BCUT2D eigenvalue weighted by Crippen LogP contribution is 2.36. The fourth-order valence-electron chi connectivity index (χ4n) is 3.30. The van der Waals surface area contributed by atoms with Gasteiger partial charge >= 0.3 is 0 Å². The van der Waals surface area contributed by atoms with E-state index in [9.17, 15) is 4.79 Å². The van der Waals surface area contributed by atoms with Crippen molar-refractivity contribution in [3.8, 4) is 0 Å². The zero-order chi connectivity index (χ0) is 16.6. The second kappa shape index (κ2) is 6.46. The van der Waals surface area contributed by atoms with Gasteiger partial charge in [-0.15, -0.1) is 0 Å². The number of rotatable bonds is 4. The molecule has 1 amide bonds. The van der Waals surface area contributed by atoms with Gasteiger partial charge in [0, 0.05) is 37.6 Å². The topological polar surface area (TPSA) is 45.2 Å². The number of benzene rings is 1. The van der Waals surface area contributed by atoms with Gasteiger partial charge in [0.25, 0.3) is 0 Å². The number of aromatic nitrogens is 1. The van der Waals surface area contributed by atoms with Crippen LogP contribution >= 0.6 is 11.6 Å². The van der Waals surface area contributed by atoms with E-state index in [2.05, 4.69) is 41.2 Å². The largest absolute Gasteiger partial charge is 0.358 e. The Morgan fingerprint density at radius 3 is 2.78 bits per heavy atom. The molecule has 1 saturated heterocycles. The summed E-state index contributed by atoms with van der Waals surface area (Å²) < 4.78 is 0. The first kappa shape index (κ1) is 16.2. The molecule has 0 aliphatic carbocycles. The Labute approximate surface area is 141 Å². The van der Waals surface area contributed by atoms with E-state index in [1.807, 2.05) is 12.3 Å². The molecule has 0 spiro atoms. The van der Waals surface area contributed by atoms with Crippen LogP contribution in [0.3, 0.4) is 0 Å². The smallest absolute Gasteiger partial charge is 0.233 e. The molecule has 5 heteroatoms. The lowest BCUT2D eigenvalue weighted by Gasteiger charge is -2.39. The van der Waals surface area contributed by atoms with Crippen LogP contribution in [0.5, 0.6) is 0 Å². The highest BCUT2D eigenvalue weighted by atomic mass is 35.5. The summed E-state index contributed by atoms with van der Waals surface area (Å²) in [5.74, 6) is 0.958. The van der Waals surface area contributed by atoms with Crippen LogP contribution in [0.4, 0.5) is 0 Å². The van der Waals surface area contributed by atoms with Crippen LogP contribution in [0.2, 0.25) is 5.15 Å². The first-order valence-corrected chi connectivity index (χ1v) is 8.38. The molecule has 23 heavy (non-hydrogen) atoms. The van der Waals surface area contributed by atoms with Crippen LogP contribution in [0.15, 0.2) is 24.4 Å². The number of hydrogen-bond acceptors (Lipinski definition) is 3. The van der Waals surface area contributed by atoms with Crippen molar-refractivity contribution in [3.63, 3.8) is 0 Å². The van der Waals surface area contributed by atoms with E-state index in [1.54, 1.807) is 7.05 Å². The number of likely N-dealkylation sites (N-methyl/N-ethyl adjacent to an activating group) is 1. The van der Waals surface area contributed by atoms with Crippen molar-refractivity contribution < 1.29 is 4.79 Å². The highest BCUT2D eigenvalue weighted by Gasteiger charge is 2.30. The normalized spacial score (nSPS) is 15.9. The molecule has 3 rings (SSSR count). The Hall–Kier alpha value is -1.65. The number of hydrogen-bond donors (Lipinski definition) is 1. The van der Waals surface area contributed by atoms with Crippen LogP contribution in [0, 0.1) is 0 Å². The Morgan fingerprint density at radius 1 is 1.39 bits per heavy atom. The lowest BCUT2D eigenvalue weighted by atomic mass is 9.85. The number of halogens is 1. The van der Waals surface area contributed by atoms with Gasteiger partial charge < -0.3 is 5.32 Å². The third-order valence-electron chi connectivity index (χ3n) is 4.60. The van der Waals surface area contributed by atoms with Crippen LogP contribution in [0.1, 0.15) is 36.8 Å². The predicted molar refractivity (Wildman–Crippen MR) is 94.1 cm³/mol. The second-order valence-electron chi connectivity index (χ2n) is 6.52. The number of likely N-dealkylation sites (tertiary alicyclic amines) is 1. The molecule has 1 aliphatic heterocycles. The van der Waals surface area contributed by atoms with E-state index in [1.165, 1.54) is 21.9 Å². The lowest BCUT2D eigenvalue weighted by Crippen LogP contribution is -2.49. The predicted octanol–water partition coefficient (Wildman–Crippen LogP) is 3.16. The van der Waals surface area contributed by atoms with Gasteiger partial charge in [0.15, 0.2) is 0 Å². The Balaban J connectivity index is 1.89. The van der Waals surface area contributed by atoms with E-state index >= 15 is 0 Å². The Kier molecular flexibility index (Phi) is 4.55. The Morgan fingerprint density at radius 2 is 2.13 bits per heavy atom. The number of pyridine rings is 1. The molecule has 0 atom stereocenters. The van der Waals surface area contributed by atoms with Crippen molar-refractivity contribution >= 4 is 28.3 Å². The van der Waals surface area contributed by atoms with E-state index in [4.69, 9.17) is 11.6 Å². The number of carbonyl (C=O) groups is 1. The molecule has 1 N–H and O–H groups in total. The van der Waals surface area contributed by atoms with Crippen LogP contribution in [-0.4, -0.2) is 42.5 Å². The molecule has 1 aromatic heterocycles. The monoisotopic (exact) mass is 331 g/mol. The summed E-state index contributed by atoms with van der Waals surface area (Å²) in [5.41, 5.74) is 2.61. The summed E-state index contributed by atoms with van der Waals surface area (Å²) in [6.45, 7) is 6.67. The van der Waals surface area contributed by atoms with Gasteiger partial charge in [-0.2, -0.15) is 0 Å². The fourth-order valence-corrected chi connectivity index (χ4v) is 3.45. The molecule has 0 saturated carbocycles. The molecule has 0 unspecified atom stereocenters. The van der Waals surface area contributed by atoms with E-state index in [0.29, 0.717) is 23.5 Å². The SMILES string of the molecule is CNC(=O)CN1CC(c2ccc(C(C)C)c3cc(Cl)ncc23)C1. The van der Waals surface area contributed by atoms with Crippen LogP contribution in [0.25, 0.3) is 10.8 Å². The lowest BCUT2D eigenvalue weighted by molar-refractivity contribution is -0.122. The van der Waals surface area contributed by atoms with E-state index in [0.717, 1.165) is 13.1 Å². The number of nitrogens with one attached hydrogen (secondary N) is 1. The maximum absolute atomic E-state index is 11.5. The van der Waals surface area contributed by atoms with Crippen molar-refractivity contribution in [2.45, 2.75) is 25.7 Å². The fraction of sp³-hybridized carbons (Fsp3) is 0.444. The molecule has 1 aromatic carbocycles. The van der Waals surface area contributed by atoms with Crippen LogP contribution < -0.4 is 5.32 Å². The quantitative estimate of drug-likeness (QED) is 0.875. The van der Waals surface area contributed by atoms with Gasteiger partial charge in [-0.1, -0.05) is 37.6 Å². The van der Waals surface area contributed by atoms with Gasteiger partial charge in [-0.05, 0) is 28.5 Å². The van der Waals surface area contributed by atoms with Crippen molar-refractivity contribution in [3.05, 3.63) is 40.7 Å². The molecule has 1 fully saturated rings. The molecule has 4 nitrogen and oxygen atoms in total. The number of fused-ring (bicyclic) bond motifs is 1. The minimum atomic E-state index is 0.0666. The maximum Gasteiger partial charge on any atom is 0.233 e. The minimum absolute atomic E-state index is 0.0666. The second-order valence-corrected chi connectivity index (χ2v) is 6.90. The standard InChI is InChI=1S/C18H22ClN3O/c1-11(2)13-4-5-14(16-7-21-17(19)6-15(13)16)12-8-22(9-12)10-18(23)20-3/h4-7,11-12H,8-10H2,1-3H3,(H,20,23). The maximum atomic E-state index is 11.5. The molecule has 1 aliphatic rings. The summed E-state index contributed by atoms with van der Waals surface area (Å²) in [6.07, 6.45) is 1.89. The Bertz CT molecular complexity index is 738. The van der Waals surface area contributed by atoms with Gasteiger partial charge in [0.05, 0.1) is 6.54 Å². The van der Waals surface area contributed by atoms with Crippen molar-refractivity contribution in [2.24, 2.45) is 0 Å². The van der Waals surface area contributed by atoms with E-state index in [-0.39, 0.29) is 5.91 Å². The molecule has 122 valence electrons. The summed E-state index contributed by atoms with van der Waals surface area (Å²) >= 11 is 6.11. The molecule has 0 radical (unpaired) electrons. The third-order valence-corrected chi connectivity index (χ3v) is 4.81. The zero-order valence-corrected chi connectivity index (χ0v) is 14.5. The van der Waals surface area contributed by atoms with Gasteiger partial charge in [0.1, 0.15) is 5.15 Å². The minimum Gasteiger partial charge on any atom is -0.358 e. The first-order chi connectivity index (χ1) is 11.0. The number of amides is 1. The summed E-state index contributed by atoms with van der Waals surface area (Å²) in [7, 11) is 1.67. The summed E-state index contributed by atoms with van der Waals surface area (Å²) in [6, 6.07) is 6.39. The van der Waals surface area contributed by atoms with Gasteiger partial charge in [0.2, 0.25) is 5.91 Å². The van der Waals surface area contributed by atoms with Gasteiger partial charge in [-0.3, -0.25) is 9.69 Å². The zero-order valence-electron chi connectivity index (χ0n) is 13.8. The third kappa shape index (κ3) is 3.19. The number of carbonyl (C=O) groups excluding carboxylic acids is 1. The molecule has 2 aromatic rings. The highest BCUT2D eigenvalue weighted by molar-refractivity contribution is 6.30. The summed E-state index contributed by atoms with van der Waals surface area (Å²) in [5, 5.41) is 5.58. The van der Waals surface area contributed by atoms with Crippen LogP contribution in [-0.2, 0) is 4.79 Å². The number of nitrogens with zero attached hydrogens (tertiary/aromatic N) is 2. The van der Waals surface area contributed by atoms with Crippen molar-refractivity contribution in [1.82, 2.24) is 15.2 Å². The average Bonchev–Trinajstić information content (AvgIpc) is 2.48. The average molecular weight is 332 g/mol. The molecular weight excluding hydrogens is 310 g/mol. The molecule has 2 heterocycles. The summed E-state index contributed by atoms with van der Waals surface area (Å²) in [4.78, 5) is 17.9. The van der Waals surface area contributed by atoms with Crippen molar-refractivity contribution in [1.29, 1.82) is 0 Å². The van der Waals surface area contributed by atoms with Gasteiger partial charge in [-0.25, -0.2) is 4.98 Å². The van der Waals surface area contributed by atoms with E-state index < -0.39 is 0 Å². The first-order valence-electron chi connectivity index (χ1n) is 8.00. The van der Waals surface area contributed by atoms with Crippen molar-refractivity contribution in [2.75, 3.05) is 26.7 Å². The molecular formula is C18H22ClN3O.